The quantitative estimate of drug-likeness (QED) is 0.746. The second-order valence-corrected chi connectivity index (χ2v) is 5.58. The van der Waals surface area contributed by atoms with E-state index in [2.05, 4.69) is 6.58 Å². The van der Waals surface area contributed by atoms with Gasteiger partial charge < -0.3 is 9.05 Å². The van der Waals surface area contributed by atoms with E-state index in [9.17, 15) is 13.3 Å². The third-order valence-corrected chi connectivity index (χ3v) is 3.70. The molecular formula is C14H11F2O3P. The van der Waals surface area contributed by atoms with Gasteiger partial charge in [0, 0.05) is 5.82 Å². The SMILES string of the molecule is C=CP(=O)(Oc1ccccc1F)Oc1ccccc1F. The Bertz CT molecular complexity index is 621. The summed E-state index contributed by atoms with van der Waals surface area (Å²) in [6, 6.07) is 10.8. The minimum Gasteiger partial charge on any atom is -0.410 e. The lowest BCUT2D eigenvalue weighted by Crippen LogP contribution is -2.00. The molecule has 0 radical (unpaired) electrons. The van der Waals surface area contributed by atoms with Crippen molar-refractivity contribution in [3.05, 3.63) is 72.6 Å². The summed E-state index contributed by atoms with van der Waals surface area (Å²) < 4.78 is 49.3. The summed E-state index contributed by atoms with van der Waals surface area (Å²) in [6.07, 6.45) is 0. The monoisotopic (exact) mass is 296 g/mol. The highest BCUT2D eigenvalue weighted by molar-refractivity contribution is 7.58. The summed E-state index contributed by atoms with van der Waals surface area (Å²) in [6.45, 7) is 3.33. The second-order valence-electron chi connectivity index (χ2n) is 3.77. The fourth-order valence-electron chi connectivity index (χ4n) is 1.40. The number of rotatable bonds is 5. The number of hydrogen-bond acceptors (Lipinski definition) is 3. The lowest BCUT2D eigenvalue weighted by molar-refractivity contribution is 0.378. The summed E-state index contributed by atoms with van der Waals surface area (Å²) in [5.41, 5.74) is 0. The summed E-state index contributed by atoms with van der Waals surface area (Å²) >= 11 is 0. The number of benzene rings is 2. The average Bonchev–Trinajstić information content (AvgIpc) is 2.44. The van der Waals surface area contributed by atoms with E-state index in [1.807, 2.05) is 0 Å². The van der Waals surface area contributed by atoms with E-state index in [0.29, 0.717) is 0 Å². The van der Waals surface area contributed by atoms with Crippen LogP contribution in [0.3, 0.4) is 0 Å². The first-order valence-electron chi connectivity index (χ1n) is 5.66. The molecule has 2 aromatic rings. The van der Waals surface area contributed by atoms with Crippen LogP contribution in [0, 0.1) is 11.6 Å². The molecule has 0 unspecified atom stereocenters. The summed E-state index contributed by atoms with van der Waals surface area (Å²) in [5, 5.41) is 0. The molecule has 0 fully saturated rings. The molecule has 0 N–H and O–H groups in total. The van der Waals surface area contributed by atoms with Crippen LogP contribution in [0.4, 0.5) is 8.78 Å². The van der Waals surface area contributed by atoms with E-state index in [1.54, 1.807) is 0 Å². The van der Waals surface area contributed by atoms with Gasteiger partial charge in [-0.3, -0.25) is 0 Å². The molecule has 2 rings (SSSR count). The molecule has 0 aliphatic heterocycles. The van der Waals surface area contributed by atoms with Crippen molar-refractivity contribution in [2.45, 2.75) is 0 Å². The van der Waals surface area contributed by atoms with E-state index in [0.717, 1.165) is 17.9 Å². The molecule has 0 saturated carbocycles. The van der Waals surface area contributed by atoms with Gasteiger partial charge in [-0.1, -0.05) is 30.8 Å². The van der Waals surface area contributed by atoms with Crippen molar-refractivity contribution in [1.82, 2.24) is 0 Å². The molecule has 3 nitrogen and oxygen atoms in total. The second kappa shape index (κ2) is 5.88. The highest BCUT2D eigenvalue weighted by Crippen LogP contribution is 2.50. The van der Waals surface area contributed by atoms with E-state index in [-0.39, 0.29) is 11.5 Å². The maximum Gasteiger partial charge on any atom is 0.455 e. The Balaban J connectivity index is 2.27. The molecule has 0 aliphatic carbocycles. The van der Waals surface area contributed by atoms with Gasteiger partial charge in [0.1, 0.15) is 0 Å². The van der Waals surface area contributed by atoms with E-state index in [4.69, 9.17) is 9.05 Å². The number of para-hydroxylation sites is 2. The first-order valence-corrected chi connectivity index (χ1v) is 7.27. The maximum absolute atomic E-state index is 13.5. The molecule has 0 bridgehead atoms. The van der Waals surface area contributed by atoms with Gasteiger partial charge in [-0.25, -0.2) is 13.3 Å². The zero-order valence-corrected chi connectivity index (χ0v) is 11.2. The van der Waals surface area contributed by atoms with Gasteiger partial charge in [-0.15, -0.1) is 0 Å². The Hall–Kier alpha value is -2.13. The lowest BCUT2D eigenvalue weighted by Gasteiger charge is -2.17. The molecule has 0 aromatic heterocycles. The molecule has 0 heterocycles. The Morgan fingerprint density at radius 3 is 1.65 bits per heavy atom. The molecule has 6 heteroatoms. The minimum absolute atomic E-state index is 0.257. The predicted molar refractivity (Wildman–Crippen MR) is 71.9 cm³/mol. The van der Waals surface area contributed by atoms with Gasteiger partial charge in [0.05, 0.1) is 0 Å². The first kappa shape index (κ1) is 14.3. The van der Waals surface area contributed by atoms with Crippen LogP contribution < -0.4 is 9.05 Å². The summed E-state index contributed by atoms with van der Waals surface area (Å²) in [7, 11) is -3.91. The highest BCUT2D eigenvalue weighted by Gasteiger charge is 2.26. The zero-order chi connectivity index (χ0) is 14.6. The van der Waals surface area contributed by atoms with Gasteiger partial charge in [-0.05, 0) is 24.3 Å². The molecule has 20 heavy (non-hydrogen) atoms. The fourth-order valence-corrected chi connectivity index (χ4v) is 2.44. The zero-order valence-electron chi connectivity index (χ0n) is 10.3. The topological polar surface area (TPSA) is 35.5 Å². The van der Waals surface area contributed by atoms with Gasteiger partial charge >= 0.3 is 7.60 Å². The molecular weight excluding hydrogens is 285 g/mol. The Morgan fingerprint density at radius 1 is 0.900 bits per heavy atom. The molecule has 0 spiro atoms. The van der Waals surface area contributed by atoms with Crippen LogP contribution in [0.15, 0.2) is 60.9 Å². The standard InChI is InChI=1S/C14H11F2O3P/c1-2-20(17,18-13-9-5-3-7-11(13)15)19-14-10-6-4-8-12(14)16/h2-10H,1H2. The number of halogens is 2. The minimum atomic E-state index is -3.91. The van der Waals surface area contributed by atoms with Gasteiger partial charge in [-0.2, -0.15) is 0 Å². The van der Waals surface area contributed by atoms with Crippen molar-refractivity contribution in [3.8, 4) is 11.5 Å². The summed E-state index contributed by atoms with van der Waals surface area (Å²) in [4.78, 5) is 0. The third-order valence-electron chi connectivity index (χ3n) is 2.35. The van der Waals surface area contributed by atoms with Crippen LogP contribution in [-0.2, 0) is 4.57 Å². The number of hydrogen-bond donors (Lipinski definition) is 0. The molecule has 2 aromatic carbocycles. The Morgan fingerprint density at radius 2 is 1.30 bits per heavy atom. The third kappa shape index (κ3) is 3.25. The van der Waals surface area contributed by atoms with Crippen molar-refractivity contribution >= 4 is 7.60 Å². The van der Waals surface area contributed by atoms with Crippen LogP contribution in [-0.4, -0.2) is 0 Å². The Labute approximate surface area is 115 Å². The fraction of sp³-hybridized carbons (Fsp3) is 0. The van der Waals surface area contributed by atoms with Crippen molar-refractivity contribution in [2.75, 3.05) is 0 Å². The van der Waals surface area contributed by atoms with E-state index in [1.165, 1.54) is 36.4 Å². The molecule has 104 valence electrons. The van der Waals surface area contributed by atoms with E-state index >= 15 is 0 Å². The van der Waals surface area contributed by atoms with Crippen molar-refractivity contribution < 1.29 is 22.4 Å². The van der Waals surface area contributed by atoms with Crippen LogP contribution in [0.5, 0.6) is 11.5 Å². The van der Waals surface area contributed by atoms with E-state index < -0.39 is 19.2 Å². The van der Waals surface area contributed by atoms with Gasteiger partial charge in [0.25, 0.3) is 0 Å². The molecule has 0 atom stereocenters. The largest absolute Gasteiger partial charge is 0.455 e. The summed E-state index contributed by atoms with van der Waals surface area (Å²) in [5.74, 6) is -1.02. The van der Waals surface area contributed by atoms with Gasteiger partial charge in [0.15, 0.2) is 23.1 Å². The van der Waals surface area contributed by atoms with Crippen molar-refractivity contribution in [3.63, 3.8) is 0 Å². The molecule has 0 amide bonds. The van der Waals surface area contributed by atoms with Gasteiger partial charge in [0.2, 0.25) is 0 Å². The molecule has 0 aliphatic rings. The Kier molecular flexibility index (Phi) is 4.20. The van der Waals surface area contributed by atoms with Crippen molar-refractivity contribution in [2.24, 2.45) is 0 Å². The predicted octanol–water partition coefficient (Wildman–Crippen LogP) is 4.76. The normalized spacial score (nSPS) is 10.9. The average molecular weight is 296 g/mol. The first-order chi connectivity index (χ1) is 9.54. The van der Waals surface area contributed by atoms with Crippen LogP contribution in [0.2, 0.25) is 0 Å². The van der Waals surface area contributed by atoms with Crippen molar-refractivity contribution in [1.29, 1.82) is 0 Å². The smallest absolute Gasteiger partial charge is 0.410 e. The van der Waals surface area contributed by atoms with Crippen LogP contribution >= 0.6 is 7.60 Å². The highest BCUT2D eigenvalue weighted by atomic mass is 31.2. The maximum atomic E-state index is 13.5. The van der Waals surface area contributed by atoms with Crippen LogP contribution in [0.25, 0.3) is 0 Å². The molecule has 0 saturated heterocycles. The lowest BCUT2D eigenvalue weighted by atomic mass is 10.3. The van der Waals surface area contributed by atoms with Crippen LogP contribution in [0.1, 0.15) is 0 Å².